The number of ketones is 1. The SMILES string of the molecule is O=C1CCCC=CCCC1. The molecule has 1 aliphatic rings. The Hall–Kier alpha value is -0.590. The summed E-state index contributed by atoms with van der Waals surface area (Å²) in [6.07, 6.45) is 10.3. The van der Waals surface area contributed by atoms with Gasteiger partial charge in [0.2, 0.25) is 0 Å². The van der Waals surface area contributed by atoms with Gasteiger partial charge in [0.05, 0.1) is 0 Å². The molecule has 1 aliphatic carbocycles. The van der Waals surface area contributed by atoms with E-state index in [1.165, 1.54) is 0 Å². The summed E-state index contributed by atoms with van der Waals surface area (Å²) >= 11 is 0. The van der Waals surface area contributed by atoms with Crippen LogP contribution in [0.2, 0.25) is 0 Å². The van der Waals surface area contributed by atoms with Crippen LogP contribution >= 0.6 is 0 Å². The smallest absolute Gasteiger partial charge is 0.132 e. The molecule has 0 atom stereocenters. The molecular formula is C9H14O. The molecule has 0 N–H and O–H groups in total. The van der Waals surface area contributed by atoms with Crippen LogP contribution in [-0.4, -0.2) is 5.78 Å². The number of carbonyl (C=O) groups excluding carboxylic acids is 1. The summed E-state index contributed by atoms with van der Waals surface area (Å²) in [5, 5.41) is 0. The summed E-state index contributed by atoms with van der Waals surface area (Å²) < 4.78 is 0. The van der Waals surface area contributed by atoms with Gasteiger partial charge in [-0.3, -0.25) is 4.79 Å². The molecule has 0 amide bonds. The molecule has 0 aromatic heterocycles. The van der Waals surface area contributed by atoms with E-state index in [2.05, 4.69) is 12.2 Å². The summed E-state index contributed by atoms with van der Waals surface area (Å²) in [6, 6.07) is 0. The Bertz CT molecular complexity index is 122. The molecule has 0 bridgehead atoms. The second kappa shape index (κ2) is 4.26. The van der Waals surface area contributed by atoms with Crippen molar-refractivity contribution in [2.45, 2.75) is 38.5 Å². The van der Waals surface area contributed by atoms with E-state index in [1.807, 2.05) is 0 Å². The monoisotopic (exact) mass is 138 g/mol. The van der Waals surface area contributed by atoms with Gasteiger partial charge in [-0.25, -0.2) is 0 Å². The van der Waals surface area contributed by atoms with Gasteiger partial charge in [-0.2, -0.15) is 0 Å². The van der Waals surface area contributed by atoms with Gasteiger partial charge >= 0.3 is 0 Å². The van der Waals surface area contributed by atoms with Gasteiger partial charge in [0.1, 0.15) is 5.78 Å². The van der Waals surface area contributed by atoms with E-state index in [-0.39, 0.29) is 0 Å². The average Bonchev–Trinajstić information content (AvgIpc) is 2.02. The lowest BCUT2D eigenvalue weighted by atomic mass is 10.1. The molecule has 1 rings (SSSR count). The fraction of sp³-hybridized carbons (Fsp3) is 0.667. The molecule has 0 aromatic rings. The molecule has 1 nitrogen and oxygen atoms in total. The van der Waals surface area contributed by atoms with Crippen LogP contribution in [0.5, 0.6) is 0 Å². The number of rotatable bonds is 0. The van der Waals surface area contributed by atoms with Crippen molar-refractivity contribution in [2.75, 3.05) is 0 Å². The first-order valence-electron chi connectivity index (χ1n) is 4.06. The van der Waals surface area contributed by atoms with Crippen LogP contribution in [0.1, 0.15) is 38.5 Å². The summed E-state index contributed by atoms with van der Waals surface area (Å²) in [5.41, 5.74) is 0. The van der Waals surface area contributed by atoms with E-state index >= 15 is 0 Å². The number of hydrogen-bond donors (Lipinski definition) is 0. The van der Waals surface area contributed by atoms with E-state index in [9.17, 15) is 4.79 Å². The lowest BCUT2D eigenvalue weighted by Crippen LogP contribution is -1.95. The van der Waals surface area contributed by atoms with Crippen LogP contribution < -0.4 is 0 Å². The predicted octanol–water partition coefficient (Wildman–Crippen LogP) is 2.47. The molecule has 0 aliphatic heterocycles. The Morgan fingerprint density at radius 3 is 2.00 bits per heavy atom. The standard InChI is InChI=1S/C9H14O/c10-9-7-5-3-1-2-4-6-8-9/h1-2H,3-8H2. The van der Waals surface area contributed by atoms with Gasteiger partial charge in [-0.1, -0.05) is 12.2 Å². The molecule has 0 spiro atoms. The molecule has 0 aromatic carbocycles. The third-order valence-corrected chi connectivity index (χ3v) is 1.82. The Balaban J connectivity index is 2.31. The number of Topliss-reactive ketones (excluding diaryl/α,β-unsaturated/α-hetero) is 1. The molecule has 1 heteroatoms. The third kappa shape index (κ3) is 2.81. The average molecular weight is 138 g/mol. The highest BCUT2D eigenvalue weighted by atomic mass is 16.1. The largest absolute Gasteiger partial charge is 0.300 e. The number of carbonyl (C=O) groups is 1. The van der Waals surface area contributed by atoms with Crippen LogP contribution in [-0.2, 0) is 4.79 Å². The van der Waals surface area contributed by atoms with Crippen LogP contribution in [0.3, 0.4) is 0 Å². The van der Waals surface area contributed by atoms with Gasteiger partial charge in [-0.05, 0) is 25.7 Å². The lowest BCUT2D eigenvalue weighted by molar-refractivity contribution is -0.119. The minimum Gasteiger partial charge on any atom is -0.300 e. The second-order valence-corrected chi connectivity index (χ2v) is 2.79. The Labute approximate surface area is 62.1 Å². The maximum absolute atomic E-state index is 11.0. The predicted molar refractivity (Wildman–Crippen MR) is 41.8 cm³/mol. The van der Waals surface area contributed by atoms with Crippen molar-refractivity contribution in [1.82, 2.24) is 0 Å². The van der Waals surface area contributed by atoms with Gasteiger partial charge in [-0.15, -0.1) is 0 Å². The fourth-order valence-corrected chi connectivity index (χ4v) is 1.19. The van der Waals surface area contributed by atoms with Gasteiger partial charge in [0, 0.05) is 12.8 Å². The molecule has 0 unspecified atom stereocenters. The zero-order valence-corrected chi connectivity index (χ0v) is 6.31. The van der Waals surface area contributed by atoms with Crippen molar-refractivity contribution in [3.63, 3.8) is 0 Å². The summed E-state index contributed by atoms with van der Waals surface area (Å²) in [4.78, 5) is 11.0. The zero-order chi connectivity index (χ0) is 7.23. The quantitative estimate of drug-likeness (QED) is 0.470. The van der Waals surface area contributed by atoms with Crippen LogP contribution in [0.4, 0.5) is 0 Å². The summed E-state index contributed by atoms with van der Waals surface area (Å²) in [5.74, 6) is 0.448. The molecule has 0 saturated heterocycles. The Morgan fingerprint density at radius 1 is 1.00 bits per heavy atom. The van der Waals surface area contributed by atoms with E-state index in [1.54, 1.807) is 0 Å². The molecule has 0 saturated carbocycles. The van der Waals surface area contributed by atoms with Crippen molar-refractivity contribution in [3.05, 3.63) is 12.2 Å². The first kappa shape index (κ1) is 7.52. The second-order valence-electron chi connectivity index (χ2n) is 2.79. The molecule has 0 heterocycles. The van der Waals surface area contributed by atoms with E-state index in [0.29, 0.717) is 5.78 Å². The molecule has 10 heavy (non-hydrogen) atoms. The van der Waals surface area contributed by atoms with Gasteiger partial charge in [0.15, 0.2) is 0 Å². The minimum atomic E-state index is 0.448. The van der Waals surface area contributed by atoms with Crippen LogP contribution in [0.15, 0.2) is 12.2 Å². The first-order chi connectivity index (χ1) is 4.89. The first-order valence-corrected chi connectivity index (χ1v) is 4.06. The third-order valence-electron chi connectivity index (χ3n) is 1.82. The van der Waals surface area contributed by atoms with Gasteiger partial charge < -0.3 is 0 Å². The van der Waals surface area contributed by atoms with E-state index in [4.69, 9.17) is 0 Å². The lowest BCUT2D eigenvalue weighted by Gasteiger charge is -1.94. The normalized spacial score (nSPS) is 21.4. The maximum Gasteiger partial charge on any atom is 0.132 e. The summed E-state index contributed by atoms with van der Waals surface area (Å²) in [7, 11) is 0. The molecular weight excluding hydrogens is 124 g/mol. The van der Waals surface area contributed by atoms with E-state index < -0.39 is 0 Å². The van der Waals surface area contributed by atoms with Crippen molar-refractivity contribution < 1.29 is 4.79 Å². The Morgan fingerprint density at radius 2 is 1.50 bits per heavy atom. The molecule has 56 valence electrons. The Kier molecular flexibility index (Phi) is 3.20. The highest BCUT2D eigenvalue weighted by Gasteiger charge is 2.01. The fourth-order valence-electron chi connectivity index (χ4n) is 1.19. The highest BCUT2D eigenvalue weighted by Crippen LogP contribution is 2.08. The van der Waals surface area contributed by atoms with Gasteiger partial charge in [0.25, 0.3) is 0 Å². The zero-order valence-electron chi connectivity index (χ0n) is 6.31. The van der Waals surface area contributed by atoms with Crippen LogP contribution in [0, 0.1) is 0 Å². The summed E-state index contributed by atoms with van der Waals surface area (Å²) in [6.45, 7) is 0. The van der Waals surface area contributed by atoms with E-state index in [0.717, 1.165) is 38.5 Å². The van der Waals surface area contributed by atoms with Crippen molar-refractivity contribution in [1.29, 1.82) is 0 Å². The molecule has 0 radical (unpaired) electrons. The number of hydrogen-bond acceptors (Lipinski definition) is 1. The van der Waals surface area contributed by atoms with Crippen molar-refractivity contribution in [3.8, 4) is 0 Å². The minimum absolute atomic E-state index is 0.448. The van der Waals surface area contributed by atoms with Crippen LogP contribution in [0.25, 0.3) is 0 Å². The van der Waals surface area contributed by atoms with Crippen molar-refractivity contribution in [2.24, 2.45) is 0 Å². The topological polar surface area (TPSA) is 17.1 Å². The molecule has 0 fully saturated rings. The number of allylic oxidation sites excluding steroid dienone is 2. The highest BCUT2D eigenvalue weighted by molar-refractivity contribution is 5.78. The van der Waals surface area contributed by atoms with Crippen molar-refractivity contribution >= 4 is 5.78 Å². The maximum atomic E-state index is 11.0.